The maximum atomic E-state index is 12.5. The molecule has 0 fully saturated rings. The van der Waals surface area contributed by atoms with Crippen LogP contribution in [0.3, 0.4) is 0 Å². The number of carbonyl (C=O) groups is 2. The highest BCUT2D eigenvalue weighted by molar-refractivity contribution is 7.12. The molecule has 0 spiro atoms. The Morgan fingerprint density at radius 3 is 2.54 bits per heavy atom. The van der Waals surface area contributed by atoms with Crippen LogP contribution in [0.25, 0.3) is 11.3 Å². The quantitative estimate of drug-likeness (QED) is 0.666. The van der Waals surface area contributed by atoms with Gasteiger partial charge in [-0.25, -0.2) is 0 Å². The van der Waals surface area contributed by atoms with E-state index in [1.807, 2.05) is 47.8 Å². The van der Waals surface area contributed by atoms with Crippen molar-refractivity contribution in [3.05, 3.63) is 64.5 Å². The molecule has 0 aliphatic heterocycles. The van der Waals surface area contributed by atoms with Crippen LogP contribution in [0.4, 0.5) is 0 Å². The normalized spacial score (nSPS) is 10.5. The van der Waals surface area contributed by atoms with Gasteiger partial charge in [0.2, 0.25) is 0 Å². The maximum absolute atomic E-state index is 12.5. The van der Waals surface area contributed by atoms with E-state index in [2.05, 4.69) is 5.43 Å². The van der Waals surface area contributed by atoms with Gasteiger partial charge >= 0.3 is 5.97 Å². The summed E-state index contributed by atoms with van der Waals surface area (Å²) in [4.78, 5) is 24.0. The largest absolute Gasteiger partial charge is 0.497 e. The molecule has 0 saturated carbocycles. The monoisotopic (exact) mass is 370 g/mol. The third kappa shape index (κ3) is 3.94. The molecule has 0 bridgehead atoms. The van der Waals surface area contributed by atoms with Crippen LogP contribution in [0.1, 0.15) is 21.8 Å². The molecule has 3 rings (SSSR count). The highest BCUT2D eigenvalue weighted by Gasteiger charge is 2.15. The van der Waals surface area contributed by atoms with Crippen LogP contribution < -0.4 is 10.2 Å². The second kappa shape index (κ2) is 7.88. The molecule has 7 heteroatoms. The number of aryl methyl sites for hydroxylation is 1. The second-order valence-electron chi connectivity index (χ2n) is 5.59. The number of amides is 1. The first kappa shape index (κ1) is 17.8. The molecule has 0 saturated heterocycles. The molecular formula is C19H18N2O4S. The number of rotatable bonds is 7. The number of aromatic nitrogens is 1. The number of carboxylic acid groups (broad SMARTS) is 1. The molecule has 1 amide bonds. The van der Waals surface area contributed by atoms with Gasteiger partial charge in [-0.1, -0.05) is 6.07 Å². The summed E-state index contributed by atoms with van der Waals surface area (Å²) in [5, 5.41) is 10.8. The van der Waals surface area contributed by atoms with E-state index in [0.717, 1.165) is 22.7 Å². The molecule has 2 N–H and O–H groups in total. The van der Waals surface area contributed by atoms with Crippen LogP contribution in [0.5, 0.6) is 5.75 Å². The topological polar surface area (TPSA) is 80.6 Å². The molecule has 6 nitrogen and oxygen atoms in total. The van der Waals surface area contributed by atoms with E-state index in [4.69, 9.17) is 9.84 Å². The lowest BCUT2D eigenvalue weighted by Crippen LogP contribution is -2.25. The molecule has 0 radical (unpaired) electrons. The number of carboxylic acids is 1. The van der Waals surface area contributed by atoms with Crippen molar-refractivity contribution in [3.8, 4) is 17.0 Å². The predicted octanol–water partition coefficient (Wildman–Crippen LogP) is 3.63. The Kier molecular flexibility index (Phi) is 5.38. The molecule has 0 aliphatic rings. The zero-order chi connectivity index (χ0) is 18.5. The number of benzene rings is 1. The van der Waals surface area contributed by atoms with E-state index in [1.165, 1.54) is 11.3 Å². The number of aliphatic carboxylic acids is 1. The van der Waals surface area contributed by atoms with Crippen LogP contribution in [0.2, 0.25) is 0 Å². The lowest BCUT2D eigenvalue weighted by atomic mass is 10.1. The second-order valence-corrected chi connectivity index (χ2v) is 6.53. The van der Waals surface area contributed by atoms with Crippen molar-refractivity contribution in [3.63, 3.8) is 0 Å². The van der Waals surface area contributed by atoms with E-state index >= 15 is 0 Å². The summed E-state index contributed by atoms with van der Waals surface area (Å²) in [5.74, 6) is -0.378. The minimum Gasteiger partial charge on any atom is -0.497 e. The Morgan fingerprint density at radius 1 is 1.15 bits per heavy atom. The van der Waals surface area contributed by atoms with Crippen LogP contribution in [0, 0.1) is 0 Å². The number of methoxy groups -OCH3 is 1. The highest BCUT2D eigenvalue weighted by atomic mass is 32.1. The van der Waals surface area contributed by atoms with Gasteiger partial charge in [0.15, 0.2) is 0 Å². The Hall–Kier alpha value is -3.06. The van der Waals surface area contributed by atoms with Crippen LogP contribution in [-0.2, 0) is 11.2 Å². The molecular weight excluding hydrogens is 352 g/mol. The smallest absolute Gasteiger partial charge is 0.303 e. The van der Waals surface area contributed by atoms with Gasteiger partial charge in [-0.2, -0.15) is 0 Å². The van der Waals surface area contributed by atoms with Gasteiger partial charge in [0.1, 0.15) is 5.75 Å². The van der Waals surface area contributed by atoms with Gasteiger partial charge in [-0.3, -0.25) is 19.7 Å². The van der Waals surface area contributed by atoms with Crippen molar-refractivity contribution >= 4 is 23.2 Å². The Balaban J connectivity index is 1.94. The number of ether oxygens (including phenoxy) is 1. The number of nitrogens with one attached hydrogen (secondary N) is 1. The fourth-order valence-corrected chi connectivity index (χ4v) is 3.21. The first-order valence-electron chi connectivity index (χ1n) is 8.00. The minimum absolute atomic E-state index is 0.0130. The standard InChI is InChI=1S/C19H18N2O4S/c1-25-15-8-4-13(5-9-15)16-10-6-14(7-11-18(22)23)21(16)20-19(24)17-3-2-12-26-17/h2-6,8-10,12H,7,11H2,1H3,(H,20,24)(H,22,23). The molecule has 134 valence electrons. The number of nitrogens with zero attached hydrogens (tertiary/aromatic N) is 1. The van der Waals surface area contributed by atoms with Crippen molar-refractivity contribution < 1.29 is 19.4 Å². The first-order chi connectivity index (χ1) is 12.6. The molecule has 1 aromatic carbocycles. The highest BCUT2D eigenvalue weighted by Crippen LogP contribution is 2.25. The summed E-state index contributed by atoms with van der Waals surface area (Å²) in [6.07, 6.45) is 0.303. The summed E-state index contributed by atoms with van der Waals surface area (Å²) in [6.45, 7) is 0. The van der Waals surface area contributed by atoms with Crippen molar-refractivity contribution in [2.75, 3.05) is 12.5 Å². The van der Waals surface area contributed by atoms with Gasteiger partial charge < -0.3 is 9.84 Å². The molecule has 0 unspecified atom stereocenters. The van der Waals surface area contributed by atoms with E-state index < -0.39 is 5.97 Å². The van der Waals surface area contributed by atoms with Gasteiger partial charge in [0.25, 0.3) is 5.91 Å². The molecule has 2 heterocycles. The van der Waals surface area contributed by atoms with E-state index in [0.29, 0.717) is 11.3 Å². The van der Waals surface area contributed by atoms with Gasteiger partial charge in [0.05, 0.1) is 24.1 Å². The molecule has 0 aliphatic carbocycles. The Bertz CT molecular complexity index is 898. The van der Waals surface area contributed by atoms with E-state index in [1.54, 1.807) is 17.9 Å². The average molecular weight is 370 g/mol. The number of carbonyl (C=O) groups excluding carboxylic acids is 1. The minimum atomic E-state index is -0.881. The first-order valence-corrected chi connectivity index (χ1v) is 8.88. The van der Waals surface area contributed by atoms with E-state index in [9.17, 15) is 9.59 Å². The van der Waals surface area contributed by atoms with Gasteiger partial charge in [-0.05, 0) is 47.8 Å². The summed E-state index contributed by atoms with van der Waals surface area (Å²) in [6, 6.07) is 14.7. The van der Waals surface area contributed by atoms with Crippen molar-refractivity contribution in [1.82, 2.24) is 4.68 Å². The lowest BCUT2D eigenvalue weighted by molar-refractivity contribution is -0.136. The van der Waals surface area contributed by atoms with Crippen LogP contribution >= 0.6 is 11.3 Å². The lowest BCUT2D eigenvalue weighted by Gasteiger charge is -2.14. The van der Waals surface area contributed by atoms with Crippen molar-refractivity contribution in [2.45, 2.75) is 12.8 Å². The number of hydrogen-bond donors (Lipinski definition) is 2. The Labute approximate surface area is 154 Å². The summed E-state index contributed by atoms with van der Waals surface area (Å²) < 4.78 is 6.84. The summed E-state index contributed by atoms with van der Waals surface area (Å²) in [5.41, 5.74) is 5.27. The molecule has 2 aromatic heterocycles. The van der Waals surface area contributed by atoms with Gasteiger partial charge in [-0.15, -0.1) is 11.3 Å². The summed E-state index contributed by atoms with van der Waals surface area (Å²) in [7, 11) is 1.60. The number of hydrogen-bond acceptors (Lipinski definition) is 4. The molecule has 3 aromatic rings. The average Bonchev–Trinajstić information content (AvgIpc) is 3.30. The fourth-order valence-electron chi connectivity index (χ4n) is 2.59. The Morgan fingerprint density at radius 2 is 1.92 bits per heavy atom. The fraction of sp³-hybridized carbons (Fsp3) is 0.158. The van der Waals surface area contributed by atoms with Crippen molar-refractivity contribution in [1.29, 1.82) is 0 Å². The maximum Gasteiger partial charge on any atom is 0.303 e. The predicted molar refractivity (Wildman–Crippen MR) is 100 cm³/mol. The third-order valence-corrected chi connectivity index (χ3v) is 4.77. The van der Waals surface area contributed by atoms with Gasteiger partial charge in [0, 0.05) is 17.7 Å². The van der Waals surface area contributed by atoms with Crippen LogP contribution in [-0.4, -0.2) is 28.8 Å². The zero-order valence-corrected chi connectivity index (χ0v) is 15.0. The SMILES string of the molecule is COc1ccc(-c2ccc(CCC(=O)O)n2NC(=O)c2cccs2)cc1. The third-order valence-electron chi connectivity index (χ3n) is 3.90. The van der Waals surface area contributed by atoms with Crippen molar-refractivity contribution in [2.24, 2.45) is 0 Å². The van der Waals surface area contributed by atoms with Crippen LogP contribution in [0.15, 0.2) is 53.9 Å². The summed E-state index contributed by atoms with van der Waals surface area (Å²) >= 11 is 1.35. The molecule has 0 atom stereocenters. The number of thiophene rings is 1. The van der Waals surface area contributed by atoms with E-state index in [-0.39, 0.29) is 12.3 Å². The molecule has 26 heavy (non-hydrogen) atoms. The zero-order valence-electron chi connectivity index (χ0n) is 14.1.